The van der Waals surface area contributed by atoms with Gasteiger partial charge in [0, 0.05) is 37.4 Å². The Morgan fingerprint density at radius 3 is 2.35 bits per heavy atom. The number of aliphatic hydroxyl groups is 1. The SMILES string of the molecule is CC(C)(C)[Si](C)(C)O[C@@H]1CO[C@H]2[C@@H]1OC[C@H]2Oc1[nH]c2ccc(-c3c(F)cc(N4CCOCC4)cc3F)nc2c1CCO. The molecule has 4 atom stereocenters. The molecule has 9 nitrogen and oxygen atoms in total. The topological polar surface area (TPSA) is 98.3 Å². The number of rotatable bonds is 8. The zero-order chi connectivity index (χ0) is 30.5. The molecule has 3 aliphatic rings. The lowest BCUT2D eigenvalue weighted by molar-refractivity contribution is 0.0124. The van der Waals surface area contributed by atoms with Crippen LogP contribution in [0.2, 0.25) is 18.1 Å². The molecule has 2 N–H and O–H groups in total. The van der Waals surface area contributed by atoms with Crippen LogP contribution < -0.4 is 9.64 Å². The maximum atomic E-state index is 15.4. The number of ether oxygens (including phenoxy) is 4. The van der Waals surface area contributed by atoms with Crippen LogP contribution in [-0.2, 0) is 25.1 Å². The number of pyridine rings is 1. The summed E-state index contributed by atoms with van der Waals surface area (Å²) in [7, 11) is -2.03. The normalized spacial score (nSPS) is 24.6. The highest BCUT2D eigenvalue weighted by Crippen LogP contribution is 2.41. The molecule has 0 spiro atoms. The van der Waals surface area contributed by atoms with E-state index in [9.17, 15) is 5.11 Å². The Labute approximate surface area is 251 Å². The molecule has 234 valence electrons. The molecule has 0 aliphatic carbocycles. The number of nitrogens with zero attached hydrogens (tertiary/aromatic N) is 2. The van der Waals surface area contributed by atoms with E-state index < -0.39 is 26.1 Å². The average Bonchev–Trinajstić information content (AvgIpc) is 3.64. The third-order valence-electron chi connectivity index (χ3n) is 9.21. The van der Waals surface area contributed by atoms with Gasteiger partial charge in [0.25, 0.3) is 0 Å². The minimum Gasteiger partial charge on any atom is -0.470 e. The highest BCUT2D eigenvalue weighted by molar-refractivity contribution is 6.74. The summed E-state index contributed by atoms with van der Waals surface area (Å²) < 4.78 is 61.4. The molecule has 0 bridgehead atoms. The van der Waals surface area contributed by atoms with Gasteiger partial charge < -0.3 is 38.4 Å². The van der Waals surface area contributed by atoms with Crippen LogP contribution in [0.5, 0.6) is 5.88 Å². The van der Waals surface area contributed by atoms with E-state index in [0.29, 0.717) is 67.7 Å². The van der Waals surface area contributed by atoms with E-state index in [4.69, 9.17) is 23.4 Å². The Bertz CT molecular complexity index is 1450. The predicted octanol–water partition coefficient (Wildman–Crippen LogP) is 4.81. The summed E-state index contributed by atoms with van der Waals surface area (Å²) in [6, 6.07) is 5.99. The van der Waals surface area contributed by atoms with Crippen molar-refractivity contribution in [3.8, 4) is 17.1 Å². The van der Waals surface area contributed by atoms with E-state index in [0.717, 1.165) is 0 Å². The molecule has 0 saturated carbocycles. The van der Waals surface area contributed by atoms with Crippen molar-refractivity contribution < 1.29 is 37.3 Å². The number of fused-ring (bicyclic) bond motifs is 2. The summed E-state index contributed by atoms with van der Waals surface area (Å²) in [6.45, 7) is 13.8. The van der Waals surface area contributed by atoms with Crippen molar-refractivity contribution >= 4 is 25.0 Å². The van der Waals surface area contributed by atoms with Crippen molar-refractivity contribution in [3.05, 3.63) is 41.5 Å². The number of hydrogen-bond acceptors (Lipinski definition) is 8. The molecule has 43 heavy (non-hydrogen) atoms. The Balaban J connectivity index is 1.24. The first kappa shape index (κ1) is 30.4. The van der Waals surface area contributed by atoms with Gasteiger partial charge in [0.1, 0.15) is 23.8 Å². The summed E-state index contributed by atoms with van der Waals surface area (Å²) in [4.78, 5) is 9.80. The van der Waals surface area contributed by atoms with Crippen LogP contribution in [0.1, 0.15) is 26.3 Å². The molecule has 3 aliphatic heterocycles. The number of anilines is 1. The number of hydrogen-bond donors (Lipinski definition) is 2. The average molecular weight is 618 g/mol. The Kier molecular flexibility index (Phi) is 8.29. The van der Waals surface area contributed by atoms with Crippen LogP contribution >= 0.6 is 0 Å². The van der Waals surface area contributed by atoms with Gasteiger partial charge in [-0.05, 0) is 42.4 Å². The third kappa shape index (κ3) is 5.80. The van der Waals surface area contributed by atoms with Crippen LogP contribution in [0, 0.1) is 11.6 Å². The lowest BCUT2D eigenvalue weighted by atomic mass is 10.1. The number of aliphatic hydroxyl groups excluding tert-OH is 1. The van der Waals surface area contributed by atoms with Crippen LogP contribution in [0.15, 0.2) is 24.3 Å². The van der Waals surface area contributed by atoms with E-state index in [2.05, 4.69) is 43.8 Å². The molecule has 0 amide bonds. The molecule has 5 heterocycles. The molecule has 0 unspecified atom stereocenters. The molecule has 3 aromatic rings. The second-order valence-electron chi connectivity index (χ2n) is 13.1. The highest BCUT2D eigenvalue weighted by Gasteiger charge is 2.52. The van der Waals surface area contributed by atoms with Crippen molar-refractivity contribution in [3.63, 3.8) is 0 Å². The molecular weight excluding hydrogens is 576 g/mol. The van der Waals surface area contributed by atoms with Crippen molar-refractivity contribution in [1.82, 2.24) is 9.97 Å². The van der Waals surface area contributed by atoms with Gasteiger partial charge in [0.2, 0.25) is 0 Å². The Morgan fingerprint density at radius 2 is 1.70 bits per heavy atom. The quantitative estimate of drug-likeness (QED) is 0.348. The number of aromatic amines is 1. The molecule has 3 fully saturated rings. The number of benzene rings is 1. The van der Waals surface area contributed by atoms with Gasteiger partial charge in [-0.2, -0.15) is 0 Å². The standard InChI is InChI=1S/C31H41F2N3O6Si/c1-31(2,3)43(4,5)42-25-17-40-28-24(16-39-29(25)28)41-30-19(8-11-37)27-23(35-30)7-6-22(34-27)26-20(32)14-18(15-21(26)33)36-9-12-38-13-10-36/h6-7,14-15,24-25,28-29,35,37H,8-13,16-17H2,1-5H3/t24-,25-,28-,29-/m1/s1. The van der Waals surface area contributed by atoms with Crippen LogP contribution in [0.4, 0.5) is 14.5 Å². The van der Waals surface area contributed by atoms with Crippen molar-refractivity contribution in [1.29, 1.82) is 0 Å². The molecule has 12 heteroatoms. The predicted molar refractivity (Wildman–Crippen MR) is 161 cm³/mol. The van der Waals surface area contributed by atoms with Crippen molar-refractivity contribution in [2.75, 3.05) is 51.0 Å². The molecule has 1 aromatic carbocycles. The summed E-state index contributed by atoms with van der Waals surface area (Å²) in [5, 5.41) is 9.94. The number of H-pyrrole nitrogens is 1. The highest BCUT2D eigenvalue weighted by atomic mass is 28.4. The van der Waals surface area contributed by atoms with E-state index in [-0.39, 0.29) is 47.6 Å². The first-order chi connectivity index (χ1) is 20.5. The smallest absolute Gasteiger partial charge is 0.197 e. The second kappa shape index (κ2) is 11.7. The molecule has 3 saturated heterocycles. The van der Waals surface area contributed by atoms with Gasteiger partial charge in [-0.25, -0.2) is 13.8 Å². The van der Waals surface area contributed by atoms with Gasteiger partial charge in [-0.3, -0.25) is 0 Å². The fourth-order valence-corrected chi connectivity index (χ4v) is 7.14. The molecule has 6 rings (SSSR count). The maximum absolute atomic E-state index is 15.4. The van der Waals surface area contributed by atoms with E-state index in [1.165, 1.54) is 12.1 Å². The first-order valence-electron chi connectivity index (χ1n) is 15.0. The monoisotopic (exact) mass is 617 g/mol. The van der Waals surface area contributed by atoms with Crippen molar-refractivity contribution in [2.24, 2.45) is 0 Å². The number of aromatic nitrogens is 2. The zero-order valence-corrected chi connectivity index (χ0v) is 26.4. The van der Waals surface area contributed by atoms with Crippen LogP contribution in [-0.4, -0.2) is 93.9 Å². The summed E-state index contributed by atoms with van der Waals surface area (Å²) >= 11 is 0. The van der Waals surface area contributed by atoms with E-state index in [1.807, 2.05) is 4.90 Å². The number of halogens is 2. The Morgan fingerprint density at radius 1 is 1.05 bits per heavy atom. The second-order valence-corrected chi connectivity index (χ2v) is 17.8. The fourth-order valence-electron chi connectivity index (χ4n) is 5.83. The molecule has 2 aromatic heterocycles. The fraction of sp³-hybridized carbons (Fsp3) is 0.581. The maximum Gasteiger partial charge on any atom is 0.197 e. The summed E-state index contributed by atoms with van der Waals surface area (Å²) in [5.41, 5.74) is 2.19. The lowest BCUT2D eigenvalue weighted by Gasteiger charge is -2.39. The first-order valence-corrected chi connectivity index (χ1v) is 17.9. The molecular formula is C31H41F2N3O6Si. The minimum atomic E-state index is -2.03. The van der Waals surface area contributed by atoms with Gasteiger partial charge in [-0.15, -0.1) is 0 Å². The number of morpholine rings is 1. The van der Waals surface area contributed by atoms with Gasteiger partial charge in [-0.1, -0.05) is 20.8 Å². The van der Waals surface area contributed by atoms with Crippen molar-refractivity contribution in [2.45, 2.75) is 69.7 Å². The largest absolute Gasteiger partial charge is 0.470 e. The number of nitrogens with one attached hydrogen (secondary N) is 1. The minimum absolute atomic E-state index is 0.0611. The third-order valence-corrected chi connectivity index (χ3v) is 13.7. The Hall–Kier alpha value is -2.61. The van der Waals surface area contributed by atoms with Gasteiger partial charge in [0.15, 0.2) is 20.3 Å². The summed E-state index contributed by atoms with van der Waals surface area (Å²) in [6.07, 6.45) is -0.860. The molecule has 0 radical (unpaired) electrons. The van der Waals surface area contributed by atoms with E-state index in [1.54, 1.807) is 12.1 Å². The van der Waals surface area contributed by atoms with Gasteiger partial charge >= 0.3 is 0 Å². The summed E-state index contributed by atoms with van der Waals surface area (Å²) in [5.74, 6) is -0.943. The van der Waals surface area contributed by atoms with Crippen LogP contribution in [0.25, 0.3) is 22.3 Å². The lowest BCUT2D eigenvalue weighted by Crippen LogP contribution is -2.47. The van der Waals surface area contributed by atoms with Crippen LogP contribution in [0.3, 0.4) is 0 Å². The zero-order valence-electron chi connectivity index (χ0n) is 25.4. The van der Waals surface area contributed by atoms with Gasteiger partial charge in [0.05, 0.1) is 54.8 Å². The van der Waals surface area contributed by atoms with E-state index >= 15 is 8.78 Å².